The average molecular weight is 242 g/mol. The maximum atomic E-state index is 11.8. The van der Waals surface area contributed by atoms with Gasteiger partial charge in [-0.15, -0.1) is 0 Å². The second-order valence-electron chi connectivity index (χ2n) is 5.35. The summed E-state index contributed by atoms with van der Waals surface area (Å²) in [4.78, 5) is 33.8. The van der Waals surface area contributed by atoms with E-state index in [0.717, 1.165) is 0 Å². The zero-order valence-corrected chi connectivity index (χ0v) is 10.2. The van der Waals surface area contributed by atoms with Crippen LogP contribution in [0.3, 0.4) is 0 Å². The van der Waals surface area contributed by atoms with E-state index in [1.54, 1.807) is 20.8 Å². The summed E-state index contributed by atoms with van der Waals surface area (Å²) >= 11 is 0. The fourth-order valence-corrected chi connectivity index (χ4v) is 1.70. The van der Waals surface area contributed by atoms with Crippen molar-refractivity contribution in [2.75, 3.05) is 6.54 Å². The molecule has 1 heterocycles. The van der Waals surface area contributed by atoms with Gasteiger partial charge in [0.15, 0.2) is 0 Å². The molecule has 1 unspecified atom stereocenters. The molecule has 1 aliphatic heterocycles. The molecule has 0 aromatic heterocycles. The summed E-state index contributed by atoms with van der Waals surface area (Å²) in [5.74, 6) is -2.09. The molecule has 0 bridgehead atoms. The number of carbonyl (C=O) groups is 3. The minimum atomic E-state index is -1.07. The van der Waals surface area contributed by atoms with Crippen LogP contribution in [0.5, 0.6) is 0 Å². The normalized spacial score (nSPS) is 21.8. The Labute approximate surface area is 99.8 Å². The SMILES string of the molecule is CC(C)(C)[C@H](NC(=O)C1CNC(=O)C1)C(=O)O. The monoisotopic (exact) mass is 242 g/mol. The van der Waals surface area contributed by atoms with Gasteiger partial charge in [-0.3, -0.25) is 9.59 Å². The Morgan fingerprint density at radius 2 is 2.06 bits per heavy atom. The van der Waals surface area contributed by atoms with E-state index in [1.165, 1.54) is 0 Å². The fourth-order valence-electron chi connectivity index (χ4n) is 1.70. The maximum absolute atomic E-state index is 11.8. The van der Waals surface area contributed by atoms with Crippen molar-refractivity contribution in [2.24, 2.45) is 11.3 Å². The van der Waals surface area contributed by atoms with Gasteiger partial charge in [-0.25, -0.2) is 4.79 Å². The second-order valence-corrected chi connectivity index (χ2v) is 5.35. The Balaban J connectivity index is 2.65. The molecule has 1 saturated heterocycles. The lowest BCUT2D eigenvalue weighted by Gasteiger charge is -2.28. The molecule has 0 saturated carbocycles. The summed E-state index contributed by atoms with van der Waals surface area (Å²) in [6, 6.07) is -0.953. The molecule has 2 atom stereocenters. The first-order valence-electron chi connectivity index (χ1n) is 5.51. The molecule has 0 aromatic rings. The second kappa shape index (κ2) is 4.73. The number of rotatable bonds is 3. The van der Waals surface area contributed by atoms with Crippen molar-refractivity contribution in [1.29, 1.82) is 0 Å². The topological polar surface area (TPSA) is 95.5 Å². The Bertz CT molecular complexity index is 346. The van der Waals surface area contributed by atoms with Gasteiger partial charge < -0.3 is 15.7 Å². The molecule has 96 valence electrons. The molecule has 0 aliphatic carbocycles. The van der Waals surface area contributed by atoms with Crippen LogP contribution in [0.4, 0.5) is 0 Å². The van der Waals surface area contributed by atoms with E-state index in [-0.39, 0.29) is 24.8 Å². The van der Waals surface area contributed by atoms with Gasteiger partial charge in [0.2, 0.25) is 11.8 Å². The molecule has 3 N–H and O–H groups in total. The Morgan fingerprint density at radius 3 is 2.41 bits per heavy atom. The van der Waals surface area contributed by atoms with Gasteiger partial charge in [-0.2, -0.15) is 0 Å². The van der Waals surface area contributed by atoms with Gasteiger partial charge in [-0.1, -0.05) is 20.8 Å². The predicted molar refractivity (Wildman–Crippen MR) is 60.1 cm³/mol. The number of amides is 2. The average Bonchev–Trinajstić information content (AvgIpc) is 2.58. The van der Waals surface area contributed by atoms with Crippen molar-refractivity contribution in [3.63, 3.8) is 0 Å². The van der Waals surface area contributed by atoms with E-state index in [0.29, 0.717) is 0 Å². The van der Waals surface area contributed by atoms with Crippen LogP contribution in [0.15, 0.2) is 0 Å². The highest BCUT2D eigenvalue weighted by molar-refractivity contribution is 5.91. The lowest BCUT2D eigenvalue weighted by molar-refractivity contribution is -0.145. The fraction of sp³-hybridized carbons (Fsp3) is 0.727. The smallest absolute Gasteiger partial charge is 0.326 e. The van der Waals surface area contributed by atoms with E-state index in [4.69, 9.17) is 5.11 Å². The Hall–Kier alpha value is -1.59. The van der Waals surface area contributed by atoms with Crippen LogP contribution in [0.1, 0.15) is 27.2 Å². The number of hydrogen-bond donors (Lipinski definition) is 3. The number of hydrogen-bond acceptors (Lipinski definition) is 3. The molecular formula is C11H18N2O4. The van der Waals surface area contributed by atoms with Crippen molar-refractivity contribution in [3.05, 3.63) is 0 Å². The quantitative estimate of drug-likeness (QED) is 0.635. The number of aliphatic carboxylic acids is 1. The van der Waals surface area contributed by atoms with Crippen molar-refractivity contribution in [2.45, 2.75) is 33.2 Å². The zero-order chi connectivity index (χ0) is 13.2. The van der Waals surface area contributed by atoms with Crippen molar-refractivity contribution in [3.8, 4) is 0 Å². The molecular weight excluding hydrogens is 224 g/mol. The summed E-state index contributed by atoms with van der Waals surface area (Å²) in [6.07, 6.45) is 0.127. The maximum Gasteiger partial charge on any atom is 0.326 e. The van der Waals surface area contributed by atoms with Crippen molar-refractivity contribution in [1.82, 2.24) is 10.6 Å². The van der Waals surface area contributed by atoms with Crippen molar-refractivity contribution < 1.29 is 19.5 Å². The van der Waals surface area contributed by atoms with Crippen LogP contribution < -0.4 is 10.6 Å². The third-order valence-corrected chi connectivity index (χ3v) is 2.75. The number of carboxylic acid groups (broad SMARTS) is 1. The minimum Gasteiger partial charge on any atom is -0.480 e. The van der Waals surface area contributed by atoms with E-state index in [2.05, 4.69) is 10.6 Å². The summed E-state index contributed by atoms with van der Waals surface area (Å²) in [7, 11) is 0. The Morgan fingerprint density at radius 1 is 1.47 bits per heavy atom. The van der Waals surface area contributed by atoms with Crippen LogP contribution in [0.2, 0.25) is 0 Å². The summed E-state index contributed by atoms with van der Waals surface area (Å²) in [5, 5.41) is 14.1. The van der Waals surface area contributed by atoms with Crippen LogP contribution in [0, 0.1) is 11.3 Å². The van der Waals surface area contributed by atoms with E-state index in [1.807, 2.05) is 0 Å². The summed E-state index contributed by atoms with van der Waals surface area (Å²) < 4.78 is 0. The Kier molecular flexibility index (Phi) is 3.75. The molecule has 0 aromatic carbocycles. The van der Waals surface area contributed by atoms with Crippen molar-refractivity contribution >= 4 is 17.8 Å². The first-order valence-corrected chi connectivity index (χ1v) is 5.51. The number of carbonyl (C=O) groups excluding carboxylic acids is 2. The molecule has 2 amide bonds. The zero-order valence-electron chi connectivity index (χ0n) is 10.2. The first kappa shape index (κ1) is 13.5. The highest BCUT2D eigenvalue weighted by Crippen LogP contribution is 2.20. The molecule has 0 radical (unpaired) electrons. The van der Waals surface area contributed by atoms with E-state index >= 15 is 0 Å². The molecule has 1 rings (SSSR count). The van der Waals surface area contributed by atoms with Crippen LogP contribution in [-0.2, 0) is 14.4 Å². The largest absolute Gasteiger partial charge is 0.480 e. The highest BCUT2D eigenvalue weighted by atomic mass is 16.4. The lowest BCUT2D eigenvalue weighted by Crippen LogP contribution is -2.51. The van der Waals surface area contributed by atoms with E-state index in [9.17, 15) is 14.4 Å². The van der Waals surface area contributed by atoms with Crippen LogP contribution in [-0.4, -0.2) is 35.5 Å². The predicted octanol–water partition coefficient (Wildman–Crippen LogP) is -0.262. The summed E-state index contributed by atoms with van der Waals surface area (Å²) in [6.45, 7) is 5.50. The van der Waals surface area contributed by atoms with Gasteiger partial charge >= 0.3 is 5.97 Å². The molecule has 6 nitrogen and oxygen atoms in total. The van der Waals surface area contributed by atoms with Gasteiger partial charge in [-0.05, 0) is 5.41 Å². The number of carboxylic acids is 1. The molecule has 6 heteroatoms. The summed E-state index contributed by atoms with van der Waals surface area (Å²) in [5.41, 5.74) is -0.572. The minimum absolute atomic E-state index is 0.127. The highest BCUT2D eigenvalue weighted by Gasteiger charge is 2.36. The van der Waals surface area contributed by atoms with Gasteiger partial charge in [0.25, 0.3) is 0 Å². The standard InChI is InChI=1S/C11H18N2O4/c1-11(2,3)8(10(16)17)13-9(15)6-4-7(14)12-5-6/h6,8H,4-5H2,1-3H3,(H,12,14)(H,13,15)(H,16,17)/t6?,8-/m1/s1. The van der Waals surface area contributed by atoms with Gasteiger partial charge in [0.1, 0.15) is 6.04 Å². The molecule has 1 aliphatic rings. The van der Waals surface area contributed by atoms with E-state index < -0.39 is 23.3 Å². The third kappa shape index (κ3) is 3.44. The molecule has 1 fully saturated rings. The van der Waals surface area contributed by atoms with Crippen LogP contribution in [0.25, 0.3) is 0 Å². The molecule has 0 spiro atoms. The lowest BCUT2D eigenvalue weighted by atomic mass is 9.86. The number of nitrogens with one attached hydrogen (secondary N) is 2. The molecule has 17 heavy (non-hydrogen) atoms. The van der Waals surface area contributed by atoms with Gasteiger partial charge in [0, 0.05) is 13.0 Å². The first-order chi connectivity index (χ1) is 7.71. The van der Waals surface area contributed by atoms with Crippen LogP contribution >= 0.6 is 0 Å². The third-order valence-electron chi connectivity index (χ3n) is 2.75. The van der Waals surface area contributed by atoms with Gasteiger partial charge in [0.05, 0.1) is 5.92 Å².